The number of methoxy groups -OCH3 is 3. The minimum Gasteiger partial charge on any atom is -0.462 e. The van der Waals surface area contributed by atoms with E-state index in [2.05, 4.69) is 11.8 Å². The molecule has 5 saturated carbocycles. The summed E-state index contributed by atoms with van der Waals surface area (Å²) in [5.74, 6) is -1.35. The van der Waals surface area contributed by atoms with Crippen molar-refractivity contribution in [1.29, 1.82) is 0 Å². The van der Waals surface area contributed by atoms with Gasteiger partial charge in [0.05, 0.1) is 31.0 Å². The maximum atomic E-state index is 13.0. The van der Waals surface area contributed by atoms with Gasteiger partial charge in [0.2, 0.25) is 0 Å². The zero-order chi connectivity index (χ0) is 25.1. The van der Waals surface area contributed by atoms with Crippen molar-refractivity contribution in [1.82, 2.24) is 4.90 Å². The van der Waals surface area contributed by atoms with Crippen LogP contribution >= 0.6 is 0 Å². The van der Waals surface area contributed by atoms with E-state index in [1.54, 1.807) is 21.3 Å². The van der Waals surface area contributed by atoms with Crippen molar-refractivity contribution in [2.75, 3.05) is 41.0 Å². The Labute approximate surface area is 207 Å². The topological polar surface area (TPSA) is 118 Å². The molecule has 1 spiro atoms. The Bertz CT molecular complexity index is 903. The third kappa shape index (κ3) is 2.48. The Morgan fingerprint density at radius 3 is 2.51 bits per heavy atom. The number of hydrogen-bond acceptors (Lipinski definition) is 9. The highest BCUT2D eigenvalue weighted by atomic mass is 16.6. The lowest BCUT2D eigenvalue weighted by Crippen LogP contribution is -2.82. The molecule has 3 N–H and O–H groups in total. The third-order valence-electron chi connectivity index (χ3n) is 11.5. The molecule has 1 saturated heterocycles. The molecule has 0 amide bonds. The van der Waals surface area contributed by atoms with Crippen LogP contribution in [0.1, 0.15) is 39.5 Å². The number of nitrogens with zero attached hydrogens (tertiary/aromatic N) is 1. The summed E-state index contributed by atoms with van der Waals surface area (Å²) in [5.41, 5.74) is -4.31. The largest absolute Gasteiger partial charge is 0.462 e. The first-order valence-electron chi connectivity index (χ1n) is 13.2. The molecule has 6 aliphatic rings. The predicted octanol–water partition coefficient (Wildman–Crippen LogP) is 0.188. The van der Waals surface area contributed by atoms with Crippen molar-refractivity contribution in [3.8, 4) is 0 Å². The van der Waals surface area contributed by atoms with Gasteiger partial charge in [-0.2, -0.15) is 0 Å². The lowest BCUT2D eigenvalue weighted by Gasteiger charge is -2.69. The Hall–Kier alpha value is -0.810. The molecule has 5 aliphatic carbocycles. The van der Waals surface area contributed by atoms with Crippen LogP contribution in [0.4, 0.5) is 0 Å². The first-order chi connectivity index (χ1) is 16.6. The summed E-state index contributed by atoms with van der Waals surface area (Å²) >= 11 is 0. The summed E-state index contributed by atoms with van der Waals surface area (Å²) in [4.78, 5) is 14.5. The van der Waals surface area contributed by atoms with Crippen LogP contribution in [0, 0.1) is 34.5 Å². The van der Waals surface area contributed by atoms with Crippen LogP contribution in [0.2, 0.25) is 0 Å². The van der Waals surface area contributed by atoms with Gasteiger partial charge >= 0.3 is 5.97 Å². The maximum absolute atomic E-state index is 13.0. The van der Waals surface area contributed by atoms with Gasteiger partial charge in [-0.25, -0.2) is 0 Å². The summed E-state index contributed by atoms with van der Waals surface area (Å²) in [6, 6.07) is -0.478. The van der Waals surface area contributed by atoms with Crippen molar-refractivity contribution < 1.29 is 39.1 Å². The van der Waals surface area contributed by atoms with Gasteiger partial charge in [0.1, 0.15) is 17.3 Å². The van der Waals surface area contributed by atoms with Crippen molar-refractivity contribution in [2.24, 2.45) is 34.5 Å². The molecule has 0 aromatic rings. The molecule has 7 bridgehead atoms. The highest BCUT2D eigenvalue weighted by Gasteiger charge is 2.91. The van der Waals surface area contributed by atoms with Crippen LogP contribution in [0.3, 0.4) is 0 Å². The molecule has 9 nitrogen and oxygen atoms in total. The molecule has 35 heavy (non-hydrogen) atoms. The van der Waals surface area contributed by atoms with Gasteiger partial charge in [-0.05, 0) is 31.7 Å². The van der Waals surface area contributed by atoms with E-state index in [0.717, 1.165) is 13.0 Å². The van der Waals surface area contributed by atoms with Gasteiger partial charge in [-0.3, -0.25) is 9.69 Å². The minimum atomic E-state index is -1.67. The second-order valence-corrected chi connectivity index (χ2v) is 12.3. The maximum Gasteiger partial charge on any atom is 0.302 e. The highest BCUT2D eigenvalue weighted by molar-refractivity contribution is 5.66. The summed E-state index contributed by atoms with van der Waals surface area (Å²) in [6.45, 7) is 5.36. The Morgan fingerprint density at radius 1 is 1.17 bits per heavy atom. The van der Waals surface area contributed by atoms with Crippen LogP contribution in [-0.2, 0) is 23.7 Å². The molecule has 6 rings (SSSR count). The monoisotopic (exact) mass is 495 g/mol. The molecule has 0 aromatic carbocycles. The van der Waals surface area contributed by atoms with E-state index in [4.69, 9.17) is 18.9 Å². The lowest BCUT2D eigenvalue weighted by atomic mass is 9.42. The summed E-state index contributed by atoms with van der Waals surface area (Å²) in [7, 11) is 4.93. The summed E-state index contributed by atoms with van der Waals surface area (Å²) < 4.78 is 23.8. The quantitative estimate of drug-likeness (QED) is 0.444. The molecule has 4 unspecified atom stereocenters. The van der Waals surface area contributed by atoms with Crippen molar-refractivity contribution in [2.45, 2.75) is 81.2 Å². The number of ether oxygens (including phenoxy) is 4. The Balaban J connectivity index is 1.65. The highest BCUT2D eigenvalue weighted by Crippen LogP contribution is 2.80. The molecular formula is C26H41NO8. The van der Waals surface area contributed by atoms with Gasteiger partial charge in [-0.15, -0.1) is 0 Å². The van der Waals surface area contributed by atoms with Crippen molar-refractivity contribution in [3.63, 3.8) is 0 Å². The zero-order valence-electron chi connectivity index (χ0n) is 21.5. The summed E-state index contributed by atoms with van der Waals surface area (Å²) in [6.07, 6.45) is -0.0360. The first kappa shape index (κ1) is 24.5. The van der Waals surface area contributed by atoms with Gasteiger partial charge in [0.15, 0.2) is 0 Å². The zero-order valence-corrected chi connectivity index (χ0v) is 21.5. The van der Waals surface area contributed by atoms with E-state index in [1.165, 1.54) is 6.92 Å². The molecule has 9 heteroatoms. The van der Waals surface area contributed by atoms with Gasteiger partial charge in [-0.1, -0.05) is 6.92 Å². The molecule has 1 aliphatic heterocycles. The van der Waals surface area contributed by atoms with E-state index in [0.29, 0.717) is 26.0 Å². The van der Waals surface area contributed by atoms with E-state index >= 15 is 0 Å². The third-order valence-corrected chi connectivity index (χ3v) is 11.5. The standard InChI is InChI=1S/C26H41NO8/c1-6-27-11-23(12-32-3)8-7-17(29)25-15-9-14-16(33-4)10-24(30,18(15)19(14)35-13(2)28)26(31,22(25)27)21(34-5)20(23)25/h14-22,29-31H,6-12H2,1-5H3/t14-,15-,16?,17?,18-,19?,20-,21?,22+,23+,24-,25+,26-/m1/s1. The molecule has 13 atom stereocenters. The fourth-order valence-corrected chi connectivity index (χ4v) is 11.0. The van der Waals surface area contributed by atoms with Crippen LogP contribution in [0.5, 0.6) is 0 Å². The number of carbonyl (C=O) groups excluding carboxylic acids is 1. The number of piperidine rings is 1. The summed E-state index contributed by atoms with van der Waals surface area (Å²) in [5, 5.41) is 37.7. The lowest BCUT2D eigenvalue weighted by molar-refractivity contribution is -0.318. The normalized spacial score (nSPS) is 57.9. The number of aliphatic hydroxyl groups excluding tert-OH is 1. The average Bonchev–Trinajstić information content (AvgIpc) is 3.21. The van der Waals surface area contributed by atoms with Crippen molar-refractivity contribution in [3.05, 3.63) is 0 Å². The first-order valence-corrected chi connectivity index (χ1v) is 13.2. The number of likely N-dealkylation sites (tertiary alicyclic amines) is 1. The number of hydrogen-bond donors (Lipinski definition) is 3. The Kier molecular flexibility index (Phi) is 5.34. The van der Waals surface area contributed by atoms with Gasteiger partial charge in [0, 0.05) is 69.8 Å². The smallest absolute Gasteiger partial charge is 0.302 e. The molecule has 0 radical (unpaired) electrons. The van der Waals surface area contributed by atoms with E-state index in [9.17, 15) is 20.1 Å². The van der Waals surface area contributed by atoms with Crippen LogP contribution < -0.4 is 0 Å². The molecule has 1 heterocycles. The number of fused-ring (bicyclic) bond motifs is 2. The molecular weight excluding hydrogens is 454 g/mol. The number of likely N-dealkylation sites (N-methyl/N-ethyl adjacent to an activating group) is 1. The SMILES string of the molecule is CCN1C[C@]2(COC)CCC(O)[C@@]34[C@@H]5C[C@@H]6C(OC)C[C@@](O)([C@H]5C6OC(C)=O)[C@@](O)(C(OC)[C@H]23)[C@@H]14. The van der Waals surface area contributed by atoms with E-state index in [-0.39, 0.29) is 35.7 Å². The van der Waals surface area contributed by atoms with Crippen LogP contribution in [0.15, 0.2) is 0 Å². The van der Waals surface area contributed by atoms with Gasteiger partial charge < -0.3 is 34.3 Å². The average molecular weight is 496 g/mol. The second kappa shape index (κ2) is 7.62. The Morgan fingerprint density at radius 2 is 1.91 bits per heavy atom. The fraction of sp³-hybridized carbons (Fsp3) is 0.962. The predicted molar refractivity (Wildman–Crippen MR) is 123 cm³/mol. The number of aliphatic hydroxyl groups is 3. The number of esters is 1. The van der Waals surface area contributed by atoms with E-state index < -0.39 is 52.9 Å². The molecule has 0 aromatic heterocycles. The molecule has 6 fully saturated rings. The molecule has 198 valence electrons. The minimum absolute atomic E-state index is 0.0979. The van der Waals surface area contributed by atoms with Crippen LogP contribution in [0.25, 0.3) is 0 Å². The second-order valence-electron chi connectivity index (χ2n) is 12.3. The number of carbonyl (C=O) groups is 1. The fourth-order valence-electron chi connectivity index (χ4n) is 11.0. The van der Waals surface area contributed by atoms with Crippen molar-refractivity contribution >= 4 is 5.97 Å². The van der Waals surface area contributed by atoms with Gasteiger partial charge in [0.25, 0.3) is 0 Å². The van der Waals surface area contributed by atoms with E-state index in [1.807, 2.05) is 0 Å². The number of rotatable bonds is 6. The van der Waals surface area contributed by atoms with Crippen LogP contribution in [-0.4, -0.2) is 109 Å².